The van der Waals surface area contributed by atoms with Crippen molar-refractivity contribution in [2.75, 3.05) is 32.7 Å². The van der Waals surface area contributed by atoms with Gasteiger partial charge in [-0.05, 0) is 58.5 Å². The van der Waals surface area contributed by atoms with Gasteiger partial charge in [-0.15, -0.1) is 0 Å². The molecule has 0 radical (unpaired) electrons. The lowest BCUT2D eigenvalue weighted by atomic mass is 9.92. The second-order valence-electron chi connectivity index (χ2n) is 7.57. The smallest absolute Gasteiger partial charge is 0.225 e. The van der Waals surface area contributed by atoms with Gasteiger partial charge in [-0.25, -0.2) is 0 Å². The number of nitrogens with zero attached hydrogens (tertiary/aromatic N) is 2. The highest BCUT2D eigenvalue weighted by Gasteiger charge is 2.31. The molecule has 0 aromatic rings. The first-order valence-electron chi connectivity index (χ1n) is 8.15. The molecule has 0 bridgehead atoms. The molecule has 1 unspecified atom stereocenters. The predicted octanol–water partition coefficient (Wildman–Crippen LogP) is 1.69. The monoisotopic (exact) mass is 281 g/mol. The lowest BCUT2D eigenvalue weighted by Gasteiger charge is -2.38. The number of likely N-dealkylation sites (tertiary alicyclic amines) is 2. The van der Waals surface area contributed by atoms with E-state index < -0.39 is 0 Å². The van der Waals surface area contributed by atoms with Crippen molar-refractivity contribution >= 4 is 5.91 Å². The molecule has 0 saturated carbocycles. The number of piperidine rings is 2. The minimum Gasteiger partial charge on any atom is -0.342 e. The molecule has 116 valence electrons. The fraction of sp³-hybridized carbons (Fsp3) is 0.938. The van der Waals surface area contributed by atoms with Gasteiger partial charge in [0.05, 0.1) is 0 Å². The standard InChI is InChI=1S/C16H31N3O/c1-13-5-4-8-19(11-13)15(20)14-6-9-18(10-7-14)12-16(2,3)17/h13-14H,4-12,17H2,1-3H3. The second kappa shape index (κ2) is 6.44. The summed E-state index contributed by atoms with van der Waals surface area (Å²) in [6.45, 7) is 11.3. The van der Waals surface area contributed by atoms with Crippen molar-refractivity contribution in [3.05, 3.63) is 0 Å². The van der Waals surface area contributed by atoms with Crippen LogP contribution in [0, 0.1) is 11.8 Å². The molecule has 1 atom stereocenters. The quantitative estimate of drug-likeness (QED) is 0.856. The Kier molecular flexibility index (Phi) is 5.08. The normalized spacial score (nSPS) is 26.8. The lowest BCUT2D eigenvalue weighted by molar-refractivity contribution is -0.138. The molecule has 4 nitrogen and oxygen atoms in total. The van der Waals surface area contributed by atoms with Crippen LogP contribution >= 0.6 is 0 Å². The summed E-state index contributed by atoms with van der Waals surface area (Å²) in [4.78, 5) is 17.1. The van der Waals surface area contributed by atoms with Gasteiger partial charge in [0.2, 0.25) is 5.91 Å². The van der Waals surface area contributed by atoms with Crippen molar-refractivity contribution in [2.24, 2.45) is 17.6 Å². The van der Waals surface area contributed by atoms with Crippen LogP contribution < -0.4 is 5.73 Å². The van der Waals surface area contributed by atoms with E-state index in [2.05, 4.69) is 30.6 Å². The lowest BCUT2D eigenvalue weighted by Crippen LogP contribution is -2.50. The van der Waals surface area contributed by atoms with Gasteiger partial charge >= 0.3 is 0 Å². The molecular formula is C16H31N3O. The highest BCUT2D eigenvalue weighted by atomic mass is 16.2. The first-order valence-corrected chi connectivity index (χ1v) is 8.15. The summed E-state index contributed by atoms with van der Waals surface area (Å²) in [6, 6.07) is 0. The molecule has 0 spiro atoms. The van der Waals surface area contributed by atoms with Crippen LogP contribution in [0.15, 0.2) is 0 Å². The number of carbonyl (C=O) groups excluding carboxylic acids is 1. The summed E-state index contributed by atoms with van der Waals surface area (Å²) in [6.07, 6.45) is 4.44. The average molecular weight is 281 g/mol. The van der Waals surface area contributed by atoms with Gasteiger partial charge in [0.25, 0.3) is 0 Å². The topological polar surface area (TPSA) is 49.6 Å². The predicted molar refractivity (Wildman–Crippen MR) is 82.4 cm³/mol. The first-order chi connectivity index (χ1) is 9.35. The van der Waals surface area contributed by atoms with Gasteiger partial charge in [0.15, 0.2) is 0 Å². The van der Waals surface area contributed by atoms with E-state index in [0.717, 1.165) is 45.6 Å². The maximum absolute atomic E-state index is 12.6. The van der Waals surface area contributed by atoms with Crippen molar-refractivity contribution in [3.63, 3.8) is 0 Å². The van der Waals surface area contributed by atoms with Gasteiger partial charge < -0.3 is 15.5 Å². The van der Waals surface area contributed by atoms with Crippen molar-refractivity contribution in [1.29, 1.82) is 0 Å². The van der Waals surface area contributed by atoms with Crippen molar-refractivity contribution in [1.82, 2.24) is 9.80 Å². The summed E-state index contributed by atoms with van der Waals surface area (Å²) in [5.74, 6) is 1.33. The average Bonchev–Trinajstić information content (AvgIpc) is 2.37. The number of nitrogens with two attached hydrogens (primary N) is 1. The van der Waals surface area contributed by atoms with E-state index in [9.17, 15) is 4.79 Å². The van der Waals surface area contributed by atoms with E-state index in [0.29, 0.717) is 11.8 Å². The molecular weight excluding hydrogens is 250 g/mol. The molecule has 2 saturated heterocycles. The number of hydrogen-bond donors (Lipinski definition) is 1. The van der Waals surface area contributed by atoms with Crippen molar-refractivity contribution in [2.45, 2.75) is 52.0 Å². The fourth-order valence-corrected chi connectivity index (χ4v) is 3.56. The third-order valence-corrected chi connectivity index (χ3v) is 4.54. The molecule has 2 rings (SSSR count). The molecule has 20 heavy (non-hydrogen) atoms. The third kappa shape index (κ3) is 4.45. The maximum Gasteiger partial charge on any atom is 0.225 e. The molecule has 0 aliphatic carbocycles. The van der Waals surface area contributed by atoms with Crippen LogP contribution in [0.5, 0.6) is 0 Å². The SMILES string of the molecule is CC1CCCN(C(=O)C2CCN(CC(C)(C)N)CC2)C1. The Bertz CT molecular complexity index is 329. The zero-order chi connectivity index (χ0) is 14.8. The van der Waals surface area contributed by atoms with E-state index in [1.807, 2.05) is 0 Å². The number of carbonyl (C=O) groups is 1. The van der Waals surface area contributed by atoms with Crippen LogP contribution in [0.2, 0.25) is 0 Å². The molecule has 2 heterocycles. The molecule has 4 heteroatoms. The van der Waals surface area contributed by atoms with Gasteiger partial charge in [-0.1, -0.05) is 6.92 Å². The van der Waals surface area contributed by atoms with E-state index in [1.165, 1.54) is 12.8 Å². The number of rotatable bonds is 3. The molecule has 0 aromatic carbocycles. The van der Waals surface area contributed by atoms with E-state index >= 15 is 0 Å². The third-order valence-electron chi connectivity index (χ3n) is 4.54. The largest absolute Gasteiger partial charge is 0.342 e. The zero-order valence-electron chi connectivity index (χ0n) is 13.4. The molecule has 0 aromatic heterocycles. The van der Waals surface area contributed by atoms with E-state index in [1.54, 1.807) is 0 Å². The van der Waals surface area contributed by atoms with Crippen LogP contribution in [-0.4, -0.2) is 54.0 Å². The fourth-order valence-electron chi connectivity index (χ4n) is 3.56. The van der Waals surface area contributed by atoms with Crippen molar-refractivity contribution < 1.29 is 4.79 Å². The maximum atomic E-state index is 12.6. The second-order valence-corrected chi connectivity index (χ2v) is 7.57. The summed E-state index contributed by atoms with van der Waals surface area (Å²) >= 11 is 0. The number of hydrogen-bond acceptors (Lipinski definition) is 3. The number of amides is 1. The molecule has 2 aliphatic rings. The van der Waals surface area contributed by atoms with Gasteiger partial charge in [0, 0.05) is 31.1 Å². The Morgan fingerprint density at radius 3 is 2.40 bits per heavy atom. The Morgan fingerprint density at radius 2 is 1.85 bits per heavy atom. The first kappa shape index (κ1) is 15.8. The summed E-state index contributed by atoms with van der Waals surface area (Å²) in [7, 11) is 0. The minimum absolute atomic E-state index is 0.140. The summed E-state index contributed by atoms with van der Waals surface area (Å²) < 4.78 is 0. The van der Waals surface area contributed by atoms with Gasteiger partial charge in [0.1, 0.15) is 0 Å². The minimum atomic E-state index is -0.140. The van der Waals surface area contributed by atoms with Crippen LogP contribution in [0.25, 0.3) is 0 Å². The highest BCUT2D eigenvalue weighted by molar-refractivity contribution is 5.79. The van der Waals surface area contributed by atoms with E-state index in [-0.39, 0.29) is 11.5 Å². The Labute approximate surface area is 123 Å². The van der Waals surface area contributed by atoms with Crippen LogP contribution in [0.4, 0.5) is 0 Å². The summed E-state index contributed by atoms with van der Waals surface area (Å²) in [5, 5.41) is 0. The van der Waals surface area contributed by atoms with Crippen LogP contribution in [0.1, 0.15) is 46.5 Å². The Balaban J connectivity index is 1.79. The van der Waals surface area contributed by atoms with E-state index in [4.69, 9.17) is 5.73 Å². The molecule has 2 N–H and O–H groups in total. The molecule has 2 fully saturated rings. The summed E-state index contributed by atoms with van der Waals surface area (Å²) in [5.41, 5.74) is 5.94. The van der Waals surface area contributed by atoms with Crippen LogP contribution in [0.3, 0.4) is 0 Å². The zero-order valence-corrected chi connectivity index (χ0v) is 13.4. The Morgan fingerprint density at radius 1 is 1.20 bits per heavy atom. The molecule has 2 aliphatic heterocycles. The molecule has 1 amide bonds. The van der Waals surface area contributed by atoms with Gasteiger partial charge in [-0.3, -0.25) is 4.79 Å². The highest BCUT2D eigenvalue weighted by Crippen LogP contribution is 2.24. The van der Waals surface area contributed by atoms with Crippen molar-refractivity contribution in [3.8, 4) is 0 Å². The Hall–Kier alpha value is -0.610. The van der Waals surface area contributed by atoms with Crippen LogP contribution in [-0.2, 0) is 4.79 Å². The van der Waals surface area contributed by atoms with Gasteiger partial charge in [-0.2, -0.15) is 0 Å².